The number of nitrogen functional groups attached to an aromatic ring is 1. The number of rotatable bonds is 6. The first-order valence-corrected chi connectivity index (χ1v) is 10.4. The molecule has 0 amide bonds. The third kappa shape index (κ3) is 3.73. The second-order valence-electron chi connectivity index (χ2n) is 7.89. The molecule has 6 nitrogen and oxygen atoms in total. The lowest BCUT2D eigenvalue weighted by atomic mass is 10.00. The van der Waals surface area contributed by atoms with Crippen LogP contribution < -0.4 is 10.6 Å². The number of nitrogens with zero attached hydrogens (tertiary/aromatic N) is 5. The predicted molar refractivity (Wildman–Crippen MR) is 124 cm³/mol. The van der Waals surface area contributed by atoms with Gasteiger partial charge < -0.3 is 10.6 Å². The van der Waals surface area contributed by atoms with Crippen molar-refractivity contribution < 1.29 is 0 Å². The molecule has 2 aromatic heterocycles. The SMILES string of the molecule is CCN(C)c1nc(-c2ccc(C(C)C)cc2)c2c(N)n(Cc3ccccc3)nc2n1. The second-order valence-corrected chi connectivity index (χ2v) is 7.89. The standard InChI is InChI=1S/C24H28N6/c1-5-29(4)24-26-21(19-13-11-18(12-14-19)16(2)3)20-22(25)30(28-23(20)27-24)15-17-9-7-6-8-10-17/h6-14,16H,5,15,25H2,1-4H3. The van der Waals surface area contributed by atoms with Gasteiger partial charge in [0.2, 0.25) is 5.95 Å². The maximum atomic E-state index is 6.57. The molecule has 0 radical (unpaired) electrons. The molecule has 2 N–H and O–H groups in total. The van der Waals surface area contributed by atoms with Crippen LogP contribution in [0.25, 0.3) is 22.3 Å². The average Bonchev–Trinajstić information content (AvgIpc) is 3.08. The largest absolute Gasteiger partial charge is 0.383 e. The van der Waals surface area contributed by atoms with Crippen LogP contribution in [0.1, 0.15) is 37.8 Å². The van der Waals surface area contributed by atoms with E-state index in [9.17, 15) is 0 Å². The smallest absolute Gasteiger partial charge is 0.227 e. The van der Waals surface area contributed by atoms with Crippen molar-refractivity contribution in [3.8, 4) is 11.3 Å². The second kappa shape index (κ2) is 8.14. The molecule has 0 saturated heterocycles. The Balaban J connectivity index is 1.88. The Labute approximate surface area is 177 Å². The maximum absolute atomic E-state index is 6.57. The summed E-state index contributed by atoms with van der Waals surface area (Å²) in [6.07, 6.45) is 0. The summed E-state index contributed by atoms with van der Waals surface area (Å²) in [7, 11) is 1.98. The Hall–Kier alpha value is -3.41. The van der Waals surface area contributed by atoms with Crippen LogP contribution in [-0.2, 0) is 6.54 Å². The molecule has 4 aromatic rings. The normalized spacial score (nSPS) is 11.4. The van der Waals surface area contributed by atoms with E-state index in [1.54, 1.807) is 0 Å². The van der Waals surface area contributed by atoms with Crippen LogP contribution >= 0.6 is 0 Å². The third-order valence-electron chi connectivity index (χ3n) is 5.47. The van der Waals surface area contributed by atoms with Gasteiger partial charge in [-0.25, -0.2) is 9.67 Å². The quantitative estimate of drug-likeness (QED) is 0.508. The lowest BCUT2D eigenvalue weighted by molar-refractivity contribution is 0.703. The minimum absolute atomic E-state index is 0.477. The molecular formula is C24H28N6. The Bertz CT molecular complexity index is 1150. The van der Waals surface area contributed by atoms with E-state index in [0.29, 0.717) is 29.9 Å². The number of benzene rings is 2. The van der Waals surface area contributed by atoms with Crippen LogP contribution in [0.15, 0.2) is 54.6 Å². The van der Waals surface area contributed by atoms with Gasteiger partial charge in [0, 0.05) is 19.2 Å². The van der Waals surface area contributed by atoms with Gasteiger partial charge in [0.25, 0.3) is 0 Å². The van der Waals surface area contributed by atoms with Crippen molar-refractivity contribution in [1.29, 1.82) is 0 Å². The van der Waals surface area contributed by atoms with E-state index >= 15 is 0 Å². The lowest BCUT2D eigenvalue weighted by Gasteiger charge is -2.15. The Morgan fingerprint density at radius 3 is 2.33 bits per heavy atom. The molecule has 0 spiro atoms. The predicted octanol–water partition coefficient (Wildman–Crippen LogP) is 4.70. The average molecular weight is 401 g/mol. The van der Waals surface area contributed by atoms with Crippen LogP contribution in [0.5, 0.6) is 0 Å². The van der Waals surface area contributed by atoms with Crippen LogP contribution in [0.3, 0.4) is 0 Å². The highest BCUT2D eigenvalue weighted by atomic mass is 15.3. The van der Waals surface area contributed by atoms with E-state index in [4.69, 9.17) is 20.8 Å². The molecule has 0 aliphatic heterocycles. The summed E-state index contributed by atoms with van der Waals surface area (Å²) in [6, 6.07) is 18.7. The molecule has 2 aromatic carbocycles. The van der Waals surface area contributed by atoms with E-state index in [0.717, 1.165) is 28.8 Å². The van der Waals surface area contributed by atoms with E-state index < -0.39 is 0 Å². The summed E-state index contributed by atoms with van der Waals surface area (Å²) >= 11 is 0. The van der Waals surface area contributed by atoms with Crippen molar-refractivity contribution in [1.82, 2.24) is 19.7 Å². The van der Waals surface area contributed by atoms with Gasteiger partial charge in [0.15, 0.2) is 5.65 Å². The fraction of sp³-hybridized carbons (Fsp3) is 0.292. The van der Waals surface area contributed by atoms with E-state index in [1.807, 2.05) is 34.8 Å². The van der Waals surface area contributed by atoms with Gasteiger partial charge in [-0.15, -0.1) is 5.10 Å². The van der Waals surface area contributed by atoms with Crippen molar-refractivity contribution >= 4 is 22.8 Å². The topological polar surface area (TPSA) is 72.9 Å². The number of nitrogens with two attached hydrogens (primary N) is 1. The lowest BCUT2D eigenvalue weighted by Crippen LogP contribution is -2.19. The first-order valence-electron chi connectivity index (χ1n) is 10.4. The van der Waals surface area contributed by atoms with Gasteiger partial charge in [-0.05, 0) is 24.0 Å². The molecule has 0 aliphatic rings. The Morgan fingerprint density at radius 2 is 1.70 bits per heavy atom. The van der Waals surface area contributed by atoms with E-state index in [-0.39, 0.29) is 0 Å². The summed E-state index contributed by atoms with van der Waals surface area (Å²) in [5.41, 5.74) is 11.5. The zero-order chi connectivity index (χ0) is 21.3. The van der Waals surface area contributed by atoms with Crippen molar-refractivity contribution in [2.24, 2.45) is 0 Å². The molecule has 0 saturated carbocycles. The number of aromatic nitrogens is 4. The van der Waals surface area contributed by atoms with Crippen molar-refractivity contribution in [2.75, 3.05) is 24.2 Å². The first kappa shape index (κ1) is 19.9. The fourth-order valence-corrected chi connectivity index (χ4v) is 3.47. The summed E-state index contributed by atoms with van der Waals surface area (Å²) in [5.74, 6) is 1.71. The first-order chi connectivity index (χ1) is 14.5. The molecule has 6 heteroatoms. The van der Waals surface area contributed by atoms with Gasteiger partial charge in [-0.2, -0.15) is 4.98 Å². The van der Waals surface area contributed by atoms with E-state index in [2.05, 4.69) is 57.2 Å². The zero-order valence-electron chi connectivity index (χ0n) is 18.0. The number of hydrogen-bond donors (Lipinski definition) is 1. The van der Waals surface area contributed by atoms with Crippen LogP contribution in [-0.4, -0.2) is 33.3 Å². The van der Waals surface area contributed by atoms with Gasteiger partial charge in [0.05, 0.1) is 17.6 Å². The van der Waals surface area contributed by atoms with Crippen molar-refractivity contribution in [2.45, 2.75) is 33.2 Å². The molecule has 0 atom stereocenters. The van der Waals surface area contributed by atoms with Gasteiger partial charge in [0.1, 0.15) is 5.82 Å². The molecule has 2 heterocycles. The van der Waals surface area contributed by atoms with Crippen LogP contribution in [0.4, 0.5) is 11.8 Å². The summed E-state index contributed by atoms with van der Waals surface area (Å²) in [5, 5.41) is 5.53. The molecule has 0 unspecified atom stereocenters. The van der Waals surface area contributed by atoms with Crippen molar-refractivity contribution in [3.63, 3.8) is 0 Å². The van der Waals surface area contributed by atoms with Gasteiger partial charge in [-0.1, -0.05) is 68.4 Å². The van der Waals surface area contributed by atoms with Crippen LogP contribution in [0.2, 0.25) is 0 Å². The van der Waals surface area contributed by atoms with Gasteiger partial charge >= 0.3 is 0 Å². The molecular weight excluding hydrogens is 372 g/mol. The fourth-order valence-electron chi connectivity index (χ4n) is 3.47. The van der Waals surface area contributed by atoms with Gasteiger partial charge in [-0.3, -0.25) is 0 Å². The highest BCUT2D eigenvalue weighted by molar-refractivity contribution is 5.99. The summed E-state index contributed by atoms with van der Waals surface area (Å²) in [6.45, 7) is 7.85. The maximum Gasteiger partial charge on any atom is 0.227 e. The van der Waals surface area contributed by atoms with E-state index in [1.165, 1.54) is 5.56 Å². The Kier molecular flexibility index (Phi) is 5.40. The highest BCUT2D eigenvalue weighted by Gasteiger charge is 2.19. The summed E-state index contributed by atoms with van der Waals surface area (Å²) < 4.78 is 1.82. The molecule has 0 aliphatic carbocycles. The zero-order valence-corrected chi connectivity index (χ0v) is 18.0. The highest BCUT2D eigenvalue weighted by Crippen LogP contribution is 2.33. The summed E-state index contributed by atoms with van der Waals surface area (Å²) in [4.78, 5) is 11.6. The number of anilines is 2. The molecule has 4 rings (SSSR count). The molecule has 0 fully saturated rings. The van der Waals surface area contributed by atoms with Crippen LogP contribution in [0, 0.1) is 0 Å². The van der Waals surface area contributed by atoms with Crippen molar-refractivity contribution in [3.05, 3.63) is 65.7 Å². The molecule has 0 bridgehead atoms. The number of hydrogen-bond acceptors (Lipinski definition) is 5. The minimum Gasteiger partial charge on any atom is -0.383 e. The monoisotopic (exact) mass is 400 g/mol. The molecule has 30 heavy (non-hydrogen) atoms. The molecule has 154 valence electrons. The number of fused-ring (bicyclic) bond motifs is 1. The minimum atomic E-state index is 0.477. The Morgan fingerprint density at radius 1 is 1.00 bits per heavy atom. The third-order valence-corrected chi connectivity index (χ3v) is 5.47.